The average Bonchev–Trinajstić information content (AvgIpc) is 3.40. The summed E-state index contributed by atoms with van der Waals surface area (Å²) in [6, 6.07) is 8.53. The minimum Gasteiger partial charge on any atom is -0.377 e. The predicted octanol–water partition coefficient (Wildman–Crippen LogP) is 3.62. The van der Waals surface area contributed by atoms with Crippen molar-refractivity contribution in [3.8, 4) is 0 Å². The summed E-state index contributed by atoms with van der Waals surface area (Å²) in [4.78, 5) is 6.57. The van der Waals surface area contributed by atoms with E-state index in [4.69, 9.17) is 4.74 Å². The smallest absolute Gasteiger partial charge is 0.191 e. The van der Waals surface area contributed by atoms with E-state index in [0.29, 0.717) is 0 Å². The predicted molar refractivity (Wildman–Crippen MR) is 128 cm³/mol. The zero-order valence-electron chi connectivity index (χ0n) is 16.9. The minimum atomic E-state index is 0. The highest BCUT2D eigenvalue weighted by Crippen LogP contribution is 2.49. The lowest BCUT2D eigenvalue weighted by molar-refractivity contribution is 0.0548. The van der Waals surface area contributed by atoms with Crippen LogP contribution in [0.4, 0.5) is 0 Å². The van der Waals surface area contributed by atoms with Crippen molar-refractivity contribution in [2.24, 2.45) is 4.99 Å². The lowest BCUT2D eigenvalue weighted by atomic mass is 9.96. The van der Waals surface area contributed by atoms with E-state index in [2.05, 4.69) is 74.8 Å². The first-order valence-electron chi connectivity index (χ1n) is 9.46. The highest BCUT2D eigenvalue weighted by atomic mass is 127. The maximum absolute atomic E-state index is 5.85. The van der Waals surface area contributed by atoms with Crippen molar-refractivity contribution >= 4 is 45.9 Å². The molecule has 154 valence electrons. The van der Waals surface area contributed by atoms with Gasteiger partial charge in [-0.2, -0.15) is 0 Å². The molecule has 0 aliphatic heterocycles. The van der Waals surface area contributed by atoms with Gasteiger partial charge in [0.2, 0.25) is 0 Å². The van der Waals surface area contributed by atoms with Gasteiger partial charge in [-0.25, -0.2) is 0 Å². The molecule has 27 heavy (non-hydrogen) atoms. The number of guanidine groups is 1. The van der Waals surface area contributed by atoms with Gasteiger partial charge in [-0.1, -0.05) is 34.1 Å². The molecule has 0 amide bonds. The summed E-state index contributed by atoms with van der Waals surface area (Å²) in [5, 5.41) is 6.94. The third-order valence-electron chi connectivity index (χ3n) is 4.91. The number of rotatable bonds is 10. The molecule has 1 saturated carbocycles. The van der Waals surface area contributed by atoms with E-state index in [1.165, 1.54) is 22.9 Å². The number of halogens is 2. The second-order valence-corrected chi connectivity index (χ2v) is 8.09. The normalized spacial score (nSPS) is 16.6. The Kier molecular flexibility index (Phi) is 11.2. The van der Waals surface area contributed by atoms with Crippen LogP contribution in [0.25, 0.3) is 0 Å². The maximum atomic E-state index is 5.85. The number of aliphatic imine (C=N–C) groups is 1. The summed E-state index contributed by atoms with van der Waals surface area (Å²) < 4.78 is 7.05. The Bertz CT molecular complexity index is 593. The summed E-state index contributed by atoms with van der Waals surface area (Å²) in [5.74, 6) is 0.845. The van der Waals surface area contributed by atoms with Crippen molar-refractivity contribution in [1.82, 2.24) is 15.5 Å². The van der Waals surface area contributed by atoms with Crippen LogP contribution in [0.5, 0.6) is 0 Å². The maximum Gasteiger partial charge on any atom is 0.191 e. The van der Waals surface area contributed by atoms with E-state index >= 15 is 0 Å². The van der Waals surface area contributed by atoms with Gasteiger partial charge in [-0.3, -0.25) is 4.99 Å². The number of hydrogen-bond donors (Lipinski definition) is 2. The third-order valence-corrected chi connectivity index (χ3v) is 5.61. The largest absolute Gasteiger partial charge is 0.377 e. The molecule has 5 nitrogen and oxygen atoms in total. The molecule has 7 heteroatoms. The van der Waals surface area contributed by atoms with E-state index < -0.39 is 0 Å². The molecule has 1 aromatic carbocycles. The molecule has 0 heterocycles. The number of benzene rings is 1. The fourth-order valence-electron chi connectivity index (χ4n) is 3.15. The standard InChI is InChI=1S/C20H33BrN4O.HI/c1-5-26-16(10-13-25(3)4)14-23-19(22-2)24-15-20(11-12-20)17-8-6-7-9-18(17)21;/h6-9,16H,5,10-15H2,1-4H3,(H2,22,23,24);1H. The van der Waals surface area contributed by atoms with Gasteiger partial charge in [0, 0.05) is 43.2 Å². The van der Waals surface area contributed by atoms with E-state index in [1.54, 1.807) is 0 Å². The summed E-state index contributed by atoms with van der Waals surface area (Å²) >= 11 is 3.70. The Hall–Kier alpha value is -0.380. The summed E-state index contributed by atoms with van der Waals surface area (Å²) in [6.45, 7) is 5.46. The zero-order chi connectivity index (χ0) is 19.0. The van der Waals surface area contributed by atoms with E-state index in [-0.39, 0.29) is 35.5 Å². The van der Waals surface area contributed by atoms with Crippen LogP contribution < -0.4 is 10.6 Å². The summed E-state index contributed by atoms with van der Waals surface area (Å²) in [7, 11) is 6.00. The molecular formula is C20H34BrIN4O. The second kappa shape index (κ2) is 12.2. The van der Waals surface area contributed by atoms with Crippen LogP contribution in [0.15, 0.2) is 33.7 Å². The SMILES string of the molecule is CCOC(CCN(C)C)CNC(=NC)NCC1(c2ccccc2Br)CC1.I. The Morgan fingerprint density at radius 3 is 2.56 bits per heavy atom. The van der Waals surface area contributed by atoms with Crippen LogP contribution >= 0.6 is 39.9 Å². The van der Waals surface area contributed by atoms with E-state index in [9.17, 15) is 0 Å². The zero-order valence-corrected chi connectivity index (χ0v) is 20.8. The van der Waals surface area contributed by atoms with Gasteiger partial charge in [-0.05, 0) is 51.9 Å². The van der Waals surface area contributed by atoms with Crippen LogP contribution in [0.2, 0.25) is 0 Å². The van der Waals surface area contributed by atoms with Gasteiger partial charge in [0.1, 0.15) is 0 Å². The van der Waals surface area contributed by atoms with Gasteiger partial charge >= 0.3 is 0 Å². The first kappa shape index (κ1) is 24.7. The van der Waals surface area contributed by atoms with Gasteiger partial charge in [-0.15, -0.1) is 24.0 Å². The Labute approximate surface area is 189 Å². The summed E-state index contributed by atoms with van der Waals surface area (Å²) in [6.07, 6.45) is 3.62. The van der Waals surface area contributed by atoms with Crippen LogP contribution in [0.3, 0.4) is 0 Å². The van der Waals surface area contributed by atoms with Crippen LogP contribution in [-0.2, 0) is 10.2 Å². The second-order valence-electron chi connectivity index (χ2n) is 7.24. The lowest BCUT2D eigenvalue weighted by Crippen LogP contribution is -2.44. The molecule has 1 aromatic rings. The molecule has 1 atom stereocenters. The molecule has 1 aliphatic carbocycles. The quantitative estimate of drug-likeness (QED) is 0.264. The fourth-order valence-corrected chi connectivity index (χ4v) is 3.86. The topological polar surface area (TPSA) is 48.9 Å². The van der Waals surface area contributed by atoms with Crippen LogP contribution in [0, 0.1) is 0 Å². The monoisotopic (exact) mass is 552 g/mol. The average molecular weight is 553 g/mol. The molecule has 1 aliphatic rings. The van der Waals surface area contributed by atoms with E-state index in [1.807, 2.05) is 14.0 Å². The van der Waals surface area contributed by atoms with Crippen molar-refractivity contribution in [3.05, 3.63) is 34.3 Å². The lowest BCUT2D eigenvalue weighted by Gasteiger charge is -2.23. The highest BCUT2D eigenvalue weighted by Gasteiger charge is 2.45. The van der Waals surface area contributed by atoms with Crippen molar-refractivity contribution in [2.45, 2.75) is 37.7 Å². The highest BCUT2D eigenvalue weighted by molar-refractivity contribution is 14.0. The van der Waals surface area contributed by atoms with Crippen molar-refractivity contribution in [1.29, 1.82) is 0 Å². The number of hydrogen-bond acceptors (Lipinski definition) is 3. The fraction of sp³-hybridized carbons (Fsp3) is 0.650. The number of nitrogens with zero attached hydrogens (tertiary/aromatic N) is 2. The third kappa shape index (κ3) is 7.87. The molecule has 0 aromatic heterocycles. The molecule has 2 N–H and O–H groups in total. The van der Waals surface area contributed by atoms with Crippen LogP contribution in [-0.4, -0.2) is 64.3 Å². The molecule has 0 bridgehead atoms. The molecule has 1 fully saturated rings. The molecule has 0 spiro atoms. The van der Waals surface area contributed by atoms with Crippen molar-refractivity contribution in [3.63, 3.8) is 0 Å². The molecular weight excluding hydrogens is 519 g/mol. The van der Waals surface area contributed by atoms with Crippen LogP contribution in [0.1, 0.15) is 31.7 Å². The van der Waals surface area contributed by atoms with Gasteiger partial charge < -0.3 is 20.3 Å². The molecule has 0 saturated heterocycles. The Balaban J connectivity index is 0.00000364. The molecule has 2 rings (SSSR count). The first-order valence-corrected chi connectivity index (χ1v) is 10.3. The van der Waals surface area contributed by atoms with Crippen molar-refractivity contribution < 1.29 is 4.74 Å². The van der Waals surface area contributed by atoms with Gasteiger partial charge in [0.05, 0.1) is 6.10 Å². The van der Waals surface area contributed by atoms with Crippen molar-refractivity contribution in [2.75, 3.05) is 47.4 Å². The molecule has 0 radical (unpaired) electrons. The van der Waals surface area contributed by atoms with Gasteiger partial charge in [0.15, 0.2) is 5.96 Å². The summed E-state index contributed by atoms with van der Waals surface area (Å²) in [5.41, 5.74) is 1.61. The Morgan fingerprint density at radius 1 is 1.30 bits per heavy atom. The Morgan fingerprint density at radius 2 is 2.00 bits per heavy atom. The first-order chi connectivity index (χ1) is 12.5. The van der Waals surface area contributed by atoms with E-state index in [0.717, 1.165) is 38.6 Å². The van der Waals surface area contributed by atoms with Gasteiger partial charge in [0.25, 0.3) is 0 Å². The number of ether oxygens (including phenoxy) is 1. The molecule has 1 unspecified atom stereocenters. The minimum absolute atomic E-state index is 0. The number of nitrogens with one attached hydrogen (secondary N) is 2.